The molecule has 3 N–H and O–H groups in total. The predicted octanol–water partition coefficient (Wildman–Crippen LogP) is 4.58. The van der Waals surface area contributed by atoms with Crippen LogP contribution in [0.25, 0.3) is 0 Å². The molecule has 0 amide bonds. The fourth-order valence-electron chi connectivity index (χ4n) is 7.07. The number of aliphatic hydroxyl groups excluding tert-OH is 2. The quantitative estimate of drug-likeness (QED) is 0.406. The highest BCUT2D eigenvalue weighted by Crippen LogP contribution is 2.48. The van der Waals surface area contributed by atoms with E-state index in [9.17, 15) is 15.0 Å². The van der Waals surface area contributed by atoms with Gasteiger partial charge in [0.15, 0.2) is 12.9 Å². The largest absolute Gasteiger partial charge is 0.482 e. The molecular weight excluding hydrogens is 432 g/mol. The first-order valence-corrected chi connectivity index (χ1v) is 13.4. The number of hydrogen-bond acceptors (Lipinski definition) is 5. The van der Waals surface area contributed by atoms with Gasteiger partial charge in [-0.15, -0.1) is 0 Å². The molecule has 6 nitrogen and oxygen atoms in total. The molecule has 7 unspecified atom stereocenters. The molecule has 2 fully saturated rings. The van der Waals surface area contributed by atoms with Crippen molar-refractivity contribution < 1.29 is 29.6 Å². The van der Waals surface area contributed by atoms with E-state index in [1.165, 1.54) is 5.56 Å². The molecular formula is C28H42O6. The van der Waals surface area contributed by atoms with E-state index < -0.39 is 12.3 Å². The molecule has 1 aliphatic heterocycles. The van der Waals surface area contributed by atoms with Crippen LogP contribution in [0.3, 0.4) is 0 Å². The zero-order chi connectivity index (χ0) is 24.1. The van der Waals surface area contributed by atoms with Crippen LogP contribution in [0.5, 0.6) is 5.75 Å². The third kappa shape index (κ3) is 5.95. The Kier molecular flexibility index (Phi) is 8.89. The highest BCUT2D eigenvalue weighted by atomic mass is 16.6. The van der Waals surface area contributed by atoms with E-state index in [0.717, 1.165) is 76.2 Å². The summed E-state index contributed by atoms with van der Waals surface area (Å²) in [5.74, 6) is 1.76. The second-order valence-corrected chi connectivity index (χ2v) is 10.8. The molecule has 190 valence electrons. The maximum Gasteiger partial charge on any atom is 0.341 e. The van der Waals surface area contributed by atoms with Gasteiger partial charge >= 0.3 is 5.97 Å². The van der Waals surface area contributed by atoms with Gasteiger partial charge in [0.2, 0.25) is 0 Å². The summed E-state index contributed by atoms with van der Waals surface area (Å²) in [5.41, 5.74) is 2.38. The molecule has 1 heterocycles. The van der Waals surface area contributed by atoms with E-state index in [2.05, 4.69) is 13.0 Å². The molecule has 1 aromatic carbocycles. The highest BCUT2D eigenvalue weighted by Gasteiger charge is 2.44. The number of carboxylic acid groups (broad SMARTS) is 1. The molecule has 0 spiro atoms. The van der Waals surface area contributed by atoms with Gasteiger partial charge in [-0.3, -0.25) is 0 Å². The van der Waals surface area contributed by atoms with E-state index in [0.29, 0.717) is 36.0 Å². The summed E-state index contributed by atoms with van der Waals surface area (Å²) in [6.45, 7) is 2.57. The zero-order valence-corrected chi connectivity index (χ0v) is 20.5. The van der Waals surface area contributed by atoms with Crippen molar-refractivity contribution in [3.63, 3.8) is 0 Å². The molecule has 0 bridgehead atoms. The minimum atomic E-state index is -0.964. The van der Waals surface area contributed by atoms with Crippen LogP contribution in [-0.4, -0.2) is 46.9 Å². The van der Waals surface area contributed by atoms with Crippen LogP contribution in [0.4, 0.5) is 0 Å². The lowest BCUT2D eigenvalue weighted by Crippen LogP contribution is -2.34. The van der Waals surface area contributed by atoms with Crippen molar-refractivity contribution in [3.05, 3.63) is 29.3 Å². The summed E-state index contributed by atoms with van der Waals surface area (Å²) in [6, 6.07) is 5.95. The average molecular weight is 475 g/mol. The smallest absolute Gasteiger partial charge is 0.341 e. The van der Waals surface area contributed by atoms with Gasteiger partial charge < -0.3 is 24.8 Å². The summed E-state index contributed by atoms with van der Waals surface area (Å²) >= 11 is 0. The molecule has 7 atom stereocenters. The van der Waals surface area contributed by atoms with E-state index in [1.54, 1.807) is 0 Å². The molecule has 1 saturated heterocycles. The van der Waals surface area contributed by atoms with Crippen LogP contribution in [-0.2, 0) is 22.4 Å². The van der Waals surface area contributed by atoms with Crippen LogP contribution in [0.15, 0.2) is 18.2 Å². The highest BCUT2D eigenvalue weighted by molar-refractivity contribution is 5.68. The van der Waals surface area contributed by atoms with Crippen molar-refractivity contribution in [1.29, 1.82) is 0 Å². The van der Waals surface area contributed by atoms with Crippen molar-refractivity contribution in [2.45, 2.75) is 89.9 Å². The number of rotatable bonds is 11. The number of ether oxygens (including phenoxy) is 2. The maximum atomic E-state index is 10.9. The summed E-state index contributed by atoms with van der Waals surface area (Å²) in [7, 11) is 0. The lowest BCUT2D eigenvalue weighted by Gasteiger charge is -2.34. The Morgan fingerprint density at radius 3 is 2.82 bits per heavy atom. The van der Waals surface area contributed by atoms with E-state index in [1.807, 2.05) is 12.1 Å². The van der Waals surface area contributed by atoms with Crippen molar-refractivity contribution in [1.82, 2.24) is 0 Å². The molecule has 0 radical (unpaired) electrons. The minimum absolute atomic E-state index is 0.257. The SMILES string of the molecule is CCCC(CCCCC1C(O)CC2Cc3c(cccc3OCC(=O)O)CC21)C1CCCOC1O. The number of fused-ring (bicyclic) bond motifs is 2. The first-order chi connectivity index (χ1) is 16.5. The number of unbranched alkanes of at least 4 members (excludes halogenated alkanes) is 1. The van der Waals surface area contributed by atoms with E-state index in [4.69, 9.17) is 14.6 Å². The number of carbonyl (C=O) groups is 1. The number of aliphatic hydroxyl groups is 2. The number of aliphatic carboxylic acids is 1. The Balaban J connectivity index is 1.32. The molecule has 2 aliphatic carbocycles. The van der Waals surface area contributed by atoms with Crippen molar-refractivity contribution in [2.75, 3.05) is 13.2 Å². The third-order valence-corrected chi connectivity index (χ3v) is 8.66. The Morgan fingerprint density at radius 1 is 1.21 bits per heavy atom. The predicted molar refractivity (Wildman–Crippen MR) is 130 cm³/mol. The fraction of sp³-hybridized carbons (Fsp3) is 0.750. The van der Waals surface area contributed by atoms with Gasteiger partial charge in [0.05, 0.1) is 6.10 Å². The van der Waals surface area contributed by atoms with Crippen LogP contribution < -0.4 is 4.74 Å². The summed E-state index contributed by atoms with van der Waals surface area (Å²) < 4.78 is 11.1. The summed E-state index contributed by atoms with van der Waals surface area (Å²) in [6.07, 6.45) is 10.6. The van der Waals surface area contributed by atoms with E-state index in [-0.39, 0.29) is 18.6 Å². The van der Waals surface area contributed by atoms with Crippen LogP contribution in [0.1, 0.15) is 75.8 Å². The molecule has 4 rings (SSSR count). The molecule has 34 heavy (non-hydrogen) atoms. The maximum absolute atomic E-state index is 10.9. The average Bonchev–Trinajstić information content (AvgIpc) is 3.12. The van der Waals surface area contributed by atoms with E-state index >= 15 is 0 Å². The lowest BCUT2D eigenvalue weighted by molar-refractivity contribution is -0.172. The monoisotopic (exact) mass is 474 g/mol. The van der Waals surface area contributed by atoms with Crippen molar-refractivity contribution in [2.24, 2.45) is 29.6 Å². The Hall–Kier alpha value is -1.63. The van der Waals surface area contributed by atoms with Crippen molar-refractivity contribution in [3.8, 4) is 5.75 Å². The van der Waals surface area contributed by atoms with Gasteiger partial charge in [-0.05, 0) is 85.8 Å². The van der Waals surface area contributed by atoms with Gasteiger partial charge in [0.25, 0.3) is 0 Å². The summed E-state index contributed by atoms with van der Waals surface area (Å²) in [5, 5.41) is 30.2. The molecule has 1 saturated carbocycles. The topological polar surface area (TPSA) is 96.2 Å². The minimum Gasteiger partial charge on any atom is -0.482 e. The van der Waals surface area contributed by atoms with Crippen LogP contribution >= 0.6 is 0 Å². The number of benzene rings is 1. The zero-order valence-electron chi connectivity index (χ0n) is 20.5. The second kappa shape index (κ2) is 11.9. The first kappa shape index (κ1) is 25.5. The number of hydrogen-bond donors (Lipinski definition) is 3. The molecule has 1 aromatic rings. The standard InChI is InChI=1S/C28H42O6/c1-2-7-18(21-11-6-13-33-28(21)32)8-3-4-10-22-23-14-19-9-5-12-26(34-17-27(30)31)24(19)15-20(23)16-25(22)29/h5,9,12,18,20-23,25,28-29,32H,2-4,6-8,10-11,13-17H2,1H3,(H,30,31). The first-order valence-electron chi connectivity index (χ1n) is 13.4. The molecule has 3 aliphatic rings. The Labute approximate surface area is 203 Å². The lowest BCUT2D eigenvalue weighted by atomic mass is 9.73. The van der Waals surface area contributed by atoms with Gasteiger partial charge in [-0.2, -0.15) is 0 Å². The van der Waals surface area contributed by atoms with Gasteiger partial charge in [0.1, 0.15) is 5.75 Å². The molecule has 6 heteroatoms. The van der Waals surface area contributed by atoms with Gasteiger partial charge in [-0.25, -0.2) is 4.79 Å². The second-order valence-electron chi connectivity index (χ2n) is 10.8. The Morgan fingerprint density at radius 2 is 2.06 bits per heavy atom. The normalized spacial score (nSPS) is 31.5. The molecule has 0 aromatic heterocycles. The van der Waals surface area contributed by atoms with Crippen LogP contribution in [0.2, 0.25) is 0 Å². The Bertz CT molecular complexity index is 810. The van der Waals surface area contributed by atoms with Crippen molar-refractivity contribution >= 4 is 5.97 Å². The fourth-order valence-corrected chi connectivity index (χ4v) is 7.07. The van der Waals surface area contributed by atoms with Gasteiger partial charge in [0, 0.05) is 12.5 Å². The summed E-state index contributed by atoms with van der Waals surface area (Å²) in [4.78, 5) is 10.9. The third-order valence-electron chi connectivity index (χ3n) is 8.66. The number of carboxylic acids is 1. The van der Waals surface area contributed by atoms with Crippen LogP contribution in [0, 0.1) is 29.6 Å². The van der Waals surface area contributed by atoms with Gasteiger partial charge in [-0.1, -0.05) is 44.7 Å².